The van der Waals surface area contributed by atoms with Crippen LogP contribution in [0.15, 0.2) is 30.3 Å². The van der Waals surface area contributed by atoms with Gasteiger partial charge >= 0.3 is 5.97 Å². The van der Waals surface area contributed by atoms with E-state index >= 15 is 0 Å². The van der Waals surface area contributed by atoms with E-state index < -0.39 is 12.0 Å². The van der Waals surface area contributed by atoms with Crippen LogP contribution in [-0.4, -0.2) is 78.9 Å². The average molecular weight is 375 g/mol. The normalized spacial score (nSPS) is 19.3. The first kappa shape index (κ1) is 20.9. The Morgan fingerprint density at radius 2 is 1.81 bits per heavy atom. The Hall–Kier alpha value is -2.41. The first-order chi connectivity index (χ1) is 12.8. The number of rotatable bonds is 8. The highest BCUT2D eigenvalue weighted by Gasteiger charge is 2.42. The fourth-order valence-corrected chi connectivity index (χ4v) is 3.20. The van der Waals surface area contributed by atoms with E-state index in [2.05, 4.69) is 4.90 Å². The number of hydrogen-bond acceptors (Lipinski definition) is 5. The summed E-state index contributed by atoms with van der Waals surface area (Å²) >= 11 is 0. The van der Waals surface area contributed by atoms with E-state index in [-0.39, 0.29) is 30.3 Å². The highest BCUT2D eigenvalue weighted by Crippen LogP contribution is 2.23. The number of likely N-dealkylation sites (N-methyl/N-ethyl adjacent to an activating group) is 2. The summed E-state index contributed by atoms with van der Waals surface area (Å²) in [5.41, 5.74) is 1.16. The van der Waals surface area contributed by atoms with Crippen molar-refractivity contribution in [2.75, 3.05) is 34.3 Å². The molecule has 148 valence electrons. The Labute approximate surface area is 160 Å². The third-order valence-corrected chi connectivity index (χ3v) is 4.86. The van der Waals surface area contributed by atoms with Gasteiger partial charge in [0.05, 0.1) is 13.7 Å². The maximum absolute atomic E-state index is 12.6. The molecular formula is C20H29N3O4. The Kier molecular flexibility index (Phi) is 6.96. The molecule has 2 amide bonds. The highest BCUT2D eigenvalue weighted by atomic mass is 16.5. The second-order valence-electron chi connectivity index (χ2n) is 7.34. The second kappa shape index (κ2) is 8.99. The third kappa shape index (κ3) is 5.29. The van der Waals surface area contributed by atoms with Gasteiger partial charge in [0, 0.05) is 27.2 Å². The van der Waals surface area contributed by atoms with Gasteiger partial charge in [-0.05, 0) is 11.5 Å². The molecule has 1 unspecified atom stereocenters. The molecule has 2 rings (SSSR count). The molecule has 1 heterocycles. The molecule has 0 bridgehead atoms. The number of nitrogens with zero attached hydrogens (tertiary/aromatic N) is 3. The number of benzene rings is 1. The first-order valence-electron chi connectivity index (χ1n) is 9.12. The Balaban J connectivity index is 1.88. The molecule has 0 saturated carbocycles. The molecule has 1 saturated heterocycles. The molecule has 0 N–H and O–H groups in total. The summed E-state index contributed by atoms with van der Waals surface area (Å²) in [6, 6.07) is 9.12. The van der Waals surface area contributed by atoms with E-state index in [9.17, 15) is 14.4 Å². The van der Waals surface area contributed by atoms with Crippen molar-refractivity contribution in [2.45, 2.75) is 32.5 Å². The first-order valence-corrected chi connectivity index (χ1v) is 9.12. The predicted octanol–water partition coefficient (Wildman–Crippen LogP) is 0.985. The molecule has 1 aliphatic rings. The monoisotopic (exact) mass is 375 g/mol. The minimum absolute atomic E-state index is 0.0643. The van der Waals surface area contributed by atoms with Crippen molar-refractivity contribution < 1.29 is 19.1 Å². The molecule has 1 aliphatic heterocycles. The van der Waals surface area contributed by atoms with Gasteiger partial charge in [-0.15, -0.1) is 0 Å². The number of carbonyl (C=O) groups is 3. The Morgan fingerprint density at radius 1 is 1.19 bits per heavy atom. The van der Waals surface area contributed by atoms with Crippen molar-refractivity contribution in [3.8, 4) is 0 Å². The van der Waals surface area contributed by atoms with Gasteiger partial charge in [-0.1, -0.05) is 44.2 Å². The predicted molar refractivity (Wildman–Crippen MR) is 102 cm³/mol. The minimum atomic E-state index is -0.665. The summed E-state index contributed by atoms with van der Waals surface area (Å²) in [5.74, 6) is -0.902. The zero-order chi connectivity index (χ0) is 20.1. The van der Waals surface area contributed by atoms with E-state index in [0.29, 0.717) is 6.54 Å². The highest BCUT2D eigenvalue weighted by molar-refractivity contribution is 5.90. The third-order valence-electron chi connectivity index (χ3n) is 4.86. The van der Waals surface area contributed by atoms with E-state index in [1.165, 1.54) is 16.9 Å². The van der Waals surface area contributed by atoms with Gasteiger partial charge in [0.25, 0.3) is 0 Å². The van der Waals surface area contributed by atoms with Crippen LogP contribution in [0.25, 0.3) is 0 Å². The maximum atomic E-state index is 12.6. The molecule has 1 aromatic carbocycles. The zero-order valence-corrected chi connectivity index (χ0v) is 16.7. The summed E-state index contributed by atoms with van der Waals surface area (Å²) in [6.07, 6.45) is 0. The smallest absolute Gasteiger partial charge is 0.328 e. The zero-order valence-electron chi connectivity index (χ0n) is 16.7. The molecule has 27 heavy (non-hydrogen) atoms. The summed E-state index contributed by atoms with van der Waals surface area (Å²) < 4.78 is 4.80. The number of amides is 2. The molecule has 1 fully saturated rings. The van der Waals surface area contributed by atoms with Crippen LogP contribution < -0.4 is 0 Å². The van der Waals surface area contributed by atoms with Crippen LogP contribution >= 0.6 is 0 Å². The van der Waals surface area contributed by atoms with Crippen LogP contribution in [0.5, 0.6) is 0 Å². The van der Waals surface area contributed by atoms with Gasteiger partial charge in [-0.25, -0.2) is 4.79 Å². The molecule has 0 aliphatic carbocycles. The van der Waals surface area contributed by atoms with Crippen LogP contribution in [0.2, 0.25) is 0 Å². The van der Waals surface area contributed by atoms with Gasteiger partial charge in [0.15, 0.2) is 0 Å². The van der Waals surface area contributed by atoms with Crippen molar-refractivity contribution in [1.29, 1.82) is 0 Å². The van der Waals surface area contributed by atoms with Crippen molar-refractivity contribution in [3.05, 3.63) is 35.9 Å². The van der Waals surface area contributed by atoms with Crippen LogP contribution in [0.3, 0.4) is 0 Å². The van der Waals surface area contributed by atoms with Gasteiger partial charge in [0.2, 0.25) is 11.8 Å². The van der Waals surface area contributed by atoms with Crippen LogP contribution in [0, 0.1) is 5.92 Å². The van der Waals surface area contributed by atoms with Gasteiger partial charge < -0.3 is 14.5 Å². The number of hydrogen-bond donors (Lipinski definition) is 0. The molecule has 1 aromatic rings. The standard InChI is InChI=1S/C20H29N3O4/c1-14(2)18(20(26)27-5)22(4)17(24)13-21(3)19(25)16-12-23(16)11-15-9-7-6-8-10-15/h6-10,14,16,18H,11-13H2,1-5H3/t16-,18+,23?/m1/s1. The fourth-order valence-electron chi connectivity index (χ4n) is 3.20. The lowest BCUT2D eigenvalue weighted by Gasteiger charge is -2.30. The van der Waals surface area contributed by atoms with Crippen LogP contribution in [0.1, 0.15) is 19.4 Å². The van der Waals surface area contributed by atoms with E-state index in [1.807, 2.05) is 44.2 Å². The van der Waals surface area contributed by atoms with Gasteiger partial charge in [-0.2, -0.15) is 0 Å². The van der Waals surface area contributed by atoms with E-state index in [1.54, 1.807) is 14.1 Å². The minimum Gasteiger partial charge on any atom is -0.467 e. The largest absolute Gasteiger partial charge is 0.467 e. The number of methoxy groups -OCH3 is 1. The van der Waals surface area contributed by atoms with E-state index in [0.717, 1.165) is 12.1 Å². The number of esters is 1. The molecular weight excluding hydrogens is 346 g/mol. The molecule has 0 spiro atoms. The topological polar surface area (TPSA) is 69.9 Å². The van der Waals surface area contributed by atoms with Crippen LogP contribution in [0.4, 0.5) is 0 Å². The van der Waals surface area contributed by atoms with Gasteiger partial charge in [-0.3, -0.25) is 14.5 Å². The van der Waals surface area contributed by atoms with Gasteiger partial charge in [0.1, 0.15) is 12.1 Å². The van der Waals surface area contributed by atoms with Crippen molar-refractivity contribution in [1.82, 2.24) is 14.7 Å². The summed E-state index contributed by atoms with van der Waals surface area (Å²) in [4.78, 5) is 41.9. The summed E-state index contributed by atoms with van der Waals surface area (Å²) in [7, 11) is 4.50. The van der Waals surface area contributed by atoms with Crippen molar-refractivity contribution >= 4 is 17.8 Å². The molecule has 3 atom stereocenters. The lowest BCUT2D eigenvalue weighted by atomic mass is 10.0. The van der Waals surface area contributed by atoms with Crippen molar-refractivity contribution in [2.24, 2.45) is 5.92 Å². The Morgan fingerprint density at radius 3 is 2.37 bits per heavy atom. The lowest BCUT2D eigenvalue weighted by molar-refractivity contribution is -0.154. The SMILES string of the molecule is COC(=O)[C@H](C(C)C)N(C)C(=O)CN(C)C(=O)[C@H]1CN1Cc1ccccc1. The number of carbonyl (C=O) groups excluding carboxylic acids is 3. The van der Waals surface area contributed by atoms with Crippen molar-refractivity contribution in [3.63, 3.8) is 0 Å². The number of ether oxygens (including phenoxy) is 1. The molecule has 7 nitrogen and oxygen atoms in total. The Bertz CT molecular complexity index is 677. The quantitative estimate of drug-likeness (QED) is 0.501. The van der Waals surface area contributed by atoms with E-state index in [4.69, 9.17) is 4.74 Å². The molecule has 0 radical (unpaired) electrons. The maximum Gasteiger partial charge on any atom is 0.328 e. The molecule has 0 aromatic heterocycles. The summed E-state index contributed by atoms with van der Waals surface area (Å²) in [6.45, 7) is 5.05. The lowest BCUT2D eigenvalue weighted by Crippen LogP contribution is -2.50. The second-order valence-corrected chi connectivity index (χ2v) is 7.34. The fraction of sp³-hybridized carbons (Fsp3) is 0.550. The summed E-state index contributed by atoms with van der Waals surface area (Å²) in [5, 5.41) is 0. The van der Waals surface area contributed by atoms with Crippen LogP contribution in [-0.2, 0) is 25.7 Å². The average Bonchev–Trinajstić information content (AvgIpc) is 3.40. The molecule has 7 heteroatoms.